The minimum atomic E-state index is -3.08. The van der Waals surface area contributed by atoms with E-state index < -0.39 is 9.84 Å². The van der Waals surface area contributed by atoms with Gasteiger partial charge in [0.25, 0.3) is 5.91 Å². The summed E-state index contributed by atoms with van der Waals surface area (Å²) in [5.74, 6) is -0.385. The highest BCUT2D eigenvalue weighted by Crippen LogP contribution is 2.39. The molecule has 2 aromatic rings. The van der Waals surface area contributed by atoms with Crippen molar-refractivity contribution < 1.29 is 17.6 Å². The van der Waals surface area contributed by atoms with Crippen LogP contribution in [0.15, 0.2) is 36.5 Å². The highest BCUT2D eigenvalue weighted by atomic mass is 32.2. The first kappa shape index (κ1) is 17.3. The van der Waals surface area contributed by atoms with Crippen LogP contribution in [0.3, 0.4) is 0 Å². The summed E-state index contributed by atoms with van der Waals surface area (Å²) in [6.45, 7) is 0. The first-order valence-electron chi connectivity index (χ1n) is 8.79. The number of nitrogens with one attached hydrogen (secondary N) is 1. The van der Waals surface area contributed by atoms with Crippen molar-refractivity contribution in [1.82, 2.24) is 9.88 Å². The number of H-pyrrole nitrogens is 1. The van der Waals surface area contributed by atoms with Gasteiger partial charge in [-0.1, -0.05) is 12.1 Å². The fourth-order valence-corrected chi connectivity index (χ4v) is 5.42. The third-order valence-corrected chi connectivity index (χ3v) is 7.22. The molecule has 0 saturated carbocycles. The molecular formula is C19H21FN2O3S. The zero-order chi connectivity index (χ0) is 18.5. The van der Waals surface area contributed by atoms with Gasteiger partial charge in [0.1, 0.15) is 21.3 Å². The number of amides is 1. The van der Waals surface area contributed by atoms with E-state index in [9.17, 15) is 17.6 Å². The van der Waals surface area contributed by atoms with Gasteiger partial charge in [-0.3, -0.25) is 4.79 Å². The second-order valence-corrected chi connectivity index (χ2v) is 9.66. The predicted octanol–water partition coefficient (Wildman–Crippen LogP) is 3.00. The number of halogens is 1. The molecule has 4 rings (SSSR count). The van der Waals surface area contributed by atoms with Crippen LogP contribution in [0.5, 0.6) is 0 Å². The topological polar surface area (TPSA) is 70.2 Å². The van der Waals surface area contributed by atoms with E-state index in [1.165, 1.54) is 18.4 Å². The molecule has 1 N–H and O–H groups in total. The predicted molar refractivity (Wildman–Crippen MR) is 97.0 cm³/mol. The molecule has 1 aromatic carbocycles. The highest BCUT2D eigenvalue weighted by molar-refractivity contribution is 7.91. The molecule has 2 saturated heterocycles. The second-order valence-electron chi connectivity index (χ2n) is 7.33. The first-order valence-corrected chi connectivity index (χ1v) is 10.7. The maximum absolute atomic E-state index is 13.1. The van der Waals surface area contributed by atoms with Crippen molar-refractivity contribution in [3.63, 3.8) is 0 Å². The van der Waals surface area contributed by atoms with E-state index in [0.717, 1.165) is 24.0 Å². The van der Waals surface area contributed by atoms with Gasteiger partial charge in [-0.2, -0.15) is 0 Å². The van der Waals surface area contributed by atoms with Gasteiger partial charge in [-0.15, -0.1) is 0 Å². The number of aromatic amines is 1. The summed E-state index contributed by atoms with van der Waals surface area (Å²) in [4.78, 5) is 17.9. The minimum absolute atomic E-state index is 0.0152. The second kappa shape index (κ2) is 6.23. The smallest absolute Gasteiger partial charge is 0.270 e. The van der Waals surface area contributed by atoms with E-state index in [1.807, 2.05) is 4.90 Å². The Morgan fingerprint density at radius 3 is 2.31 bits per heavy atom. The number of fused-ring (bicyclic) bond motifs is 2. The number of hydrogen-bond acceptors (Lipinski definition) is 3. The standard InChI is InChI=1S/C19H21FN2O3S/c1-26(24,25)17-9-15-6-7-16(10-17)22(15)19(23)18-8-13(11-21-18)12-2-4-14(20)5-3-12/h2-5,8,11,15-17,21H,6-7,9-10H2,1H3. The van der Waals surface area contributed by atoms with Crippen molar-refractivity contribution in [2.24, 2.45) is 0 Å². The third kappa shape index (κ3) is 3.05. The molecule has 2 aliphatic heterocycles. The van der Waals surface area contributed by atoms with E-state index in [4.69, 9.17) is 0 Å². The Balaban J connectivity index is 1.55. The van der Waals surface area contributed by atoms with Crippen molar-refractivity contribution in [1.29, 1.82) is 0 Å². The molecular weight excluding hydrogens is 355 g/mol. The molecule has 0 spiro atoms. The van der Waals surface area contributed by atoms with Crippen LogP contribution in [-0.4, -0.2) is 47.8 Å². The van der Waals surface area contributed by atoms with Crippen LogP contribution in [0.25, 0.3) is 11.1 Å². The summed E-state index contributed by atoms with van der Waals surface area (Å²) < 4.78 is 36.9. The van der Waals surface area contributed by atoms with Gasteiger partial charge in [-0.25, -0.2) is 12.8 Å². The quantitative estimate of drug-likeness (QED) is 0.895. The lowest BCUT2D eigenvalue weighted by molar-refractivity contribution is 0.0593. The lowest BCUT2D eigenvalue weighted by Gasteiger charge is -2.38. The number of nitrogens with zero attached hydrogens (tertiary/aromatic N) is 1. The van der Waals surface area contributed by atoms with Gasteiger partial charge in [0, 0.05) is 24.5 Å². The summed E-state index contributed by atoms with van der Waals surface area (Å²) >= 11 is 0. The highest BCUT2D eigenvalue weighted by Gasteiger charge is 2.46. The van der Waals surface area contributed by atoms with Crippen molar-refractivity contribution in [2.45, 2.75) is 43.0 Å². The maximum Gasteiger partial charge on any atom is 0.270 e. The van der Waals surface area contributed by atoms with Gasteiger partial charge in [0.15, 0.2) is 0 Å². The van der Waals surface area contributed by atoms with E-state index in [2.05, 4.69) is 4.98 Å². The van der Waals surface area contributed by atoms with E-state index >= 15 is 0 Å². The number of hydrogen-bond donors (Lipinski definition) is 1. The van der Waals surface area contributed by atoms with Gasteiger partial charge in [-0.05, 0) is 55.0 Å². The normalized spacial score (nSPS) is 25.5. The Labute approximate surface area is 152 Å². The Morgan fingerprint density at radius 2 is 1.73 bits per heavy atom. The average Bonchev–Trinajstić information content (AvgIpc) is 3.17. The number of rotatable bonds is 3. The summed E-state index contributed by atoms with van der Waals surface area (Å²) in [7, 11) is -3.08. The molecule has 2 atom stereocenters. The molecule has 2 bridgehead atoms. The van der Waals surface area contributed by atoms with Crippen LogP contribution >= 0.6 is 0 Å². The minimum Gasteiger partial charge on any atom is -0.357 e. The molecule has 3 heterocycles. The molecule has 0 aliphatic carbocycles. The van der Waals surface area contributed by atoms with Crippen LogP contribution < -0.4 is 0 Å². The summed E-state index contributed by atoms with van der Waals surface area (Å²) in [5.41, 5.74) is 2.14. The Hall–Kier alpha value is -2.15. The molecule has 0 radical (unpaired) electrons. The Morgan fingerprint density at radius 1 is 1.12 bits per heavy atom. The SMILES string of the molecule is CS(=O)(=O)C1CC2CCC(C1)N2C(=O)c1cc(-c2ccc(F)cc2)c[nH]1. The molecule has 2 unspecified atom stereocenters. The molecule has 2 aliphatic rings. The fourth-order valence-electron chi connectivity index (χ4n) is 4.27. The summed E-state index contributed by atoms with van der Waals surface area (Å²) in [6.07, 6.45) is 5.78. The molecule has 2 fully saturated rings. The van der Waals surface area contributed by atoms with Crippen molar-refractivity contribution in [3.8, 4) is 11.1 Å². The average molecular weight is 376 g/mol. The number of sulfone groups is 1. The zero-order valence-corrected chi connectivity index (χ0v) is 15.3. The van der Waals surface area contributed by atoms with Crippen molar-refractivity contribution >= 4 is 15.7 Å². The van der Waals surface area contributed by atoms with E-state index in [-0.39, 0.29) is 29.1 Å². The molecule has 7 heteroatoms. The molecule has 26 heavy (non-hydrogen) atoms. The van der Waals surface area contributed by atoms with Crippen LogP contribution in [0.4, 0.5) is 4.39 Å². The Bertz CT molecular complexity index is 922. The van der Waals surface area contributed by atoms with Gasteiger partial charge >= 0.3 is 0 Å². The number of aromatic nitrogens is 1. The Kier molecular flexibility index (Phi) is 4.14. The first-order chi connectivity index (χ1) is 12.3. The lowest BCUT2D eigenvalue weighted by atomic mass is 10.0. The third-order valence-electron chi connectivity index (χ3n) is 5.62. The fraction of sp³-hybridized carbons (Fsp3) is 0.421. The number of carbonyl (C=O) groups is 1. The monoisotopic (exact) mass is 376 g/mol. The van der Waals surface area contributed by atoms with Crippen LogP contribution in [-0.2, 0) is 9.84 Å². The largest absolute Gasteiger partial charge is 0.357 e. The maximum atomic E-state index is 13.1. The number of benzene rings is 1. The van der Waals surface area contributed by atoms with E-state index in [1.54, 1.807) is 24.4 Å². The summed E-state index contributed by atoms with van der Waals surface area (Å²) in [5, 5.41) is -0.345. The molecule has 1 aromatic heterocycles. The molecule has 1 amide bonds. The zero-order valence-electron chi connectivity index (χ0n) is 14.5. The van der Waals surface area contributed by atoms with Gasteiger partial charge in [0.05, 0.1) is 5.25 Å². The summed E-state index contributed by atoms with van der Waals surface area (Å²) in [6, 6.07) is 7.87. The van der Waals surface area contributed by atoms with E-state index in [0.29, 0.717) is 18.5 Å². The van der Waals surface area contributed by atoms with Crippen molar-refractivity contribution in [3.05, 3.63) is 48.0 Å². The number of piperidine rings is 1. The molecule has 5 nitrogen and oxygen atoms in total. The van der Waals surface area contributed by atoms with Crippen molar-refractivity contribution in [2.75, 3.05) is 6.26 Å². The number of carbonyl (C=O) groups excluding carboxylic acids is 1. The van der Waals surface area contributed by atoms with Crippen LogP contribution in [0, 0.1) is 5.82 Å². The van der Waals surface area contributed by atoms with Crippen LogP contribution in [0.1, 0.15) is 36.2 Å². The van der Waals surface area contributed by atoms with Gasteiger partial charge < -0.3 is 9.88 Å². The van der Waals surface area contributed by atoms with Crippen LogP contribution in [0.2, 0.25) is 0 Å². The van der Waals surface area contributed by atoms with Gasteiger partial charge in [0.2, 0.25) is 0 Å². The lowest BCUT2D eigenvalue weighted by Crippen LogP contribution is -2.49. The molecule has 138 valence electrons.